The SMILES string of the molecule is C[C@H]1CN(Cc2ccc(CNc3nccc(C(F)(F)F)n3)cc2)C[C@H](C)O1. The quantitative estimate of drug-likeness (QED) is 0.857. The van der Waals surface area contributed by atoms with Crippen molar-refractivity contribution in [2.75, 3.05) is 18.4 Å². The number of ether oxygens (including phenoxy) is 1. The largest absolute Gasteiger partial charge is 0.433 e. The number of anilines is 1. The number of hydrogen-bond donors (Lipinski definition) is 1. The molecule has 1 saturated heterocycles. The van der Waals surface area contributed by atoms with Gasteiger partial charge in [-0.3, -0.25) is 4.90 Å². The van der Waals surface area contributed by atoms with Gasteiger partial charge in [-0.2, -0.15) is 13.2 Å². The zero-order valence-corrected chi connectivity index (χ0v) is 15.3. The van der Waals surface area contributed by atoms with Gasteiger partial charge >= 0.3 is 6.18 Å². The molecule has 1 aromatic carbocycles. The van der Waals surface area contributed by atoms with Crippen LogP contribution < -0.4 is 5.32 Å². The highest BCUT2D eigenvalue weighted by Crippen LogP contribution is 2.27. The Bertz CT molecular complexity index is 741. The fraction of sp³-hybridized carbons (Fsp3) is 0.474. The average Bonchev–Trinajstić information content (AvgIpc) is 2.60. The lowest BCUT2D eigenvalue weighted by atomic mass is 10.1. The molecule has 146 valence electrons. The Hall–Kier alpha value is -2.19. The van der Waals surface area contributed by atoms with E-state index in [-0.39, 0.29) is 18.2 Å². The van der Waals surface area contributed by atoms with E-state index in [1.165, 1.54) is 5.56 Å². The molecule has 0 aliphatic carbocycles. The minimum Gasteiger partial charge on any atom is -0.373 e. The van der Waals surface area contributed by atoms with Crippen LogP contribution in [0.15, 0.2) is 36.5 Å². The van der Waals surface area contributed by atoms with Gasteiger partial charge in [0.25, 0.3) is 0 Å². The number of rotatable bonds is 5. The molecule has 0 unspecified atom stereocenters. The van der Waals surface area contributed by atoms with Gasteiger partial charge in [-0.15, -0.1) is 0 Å². The Morgan fingerprint density at radius 3 is 2.33 bits per heavy atom. The summed E-state index contributed by atoms with van der Waals surface area (Å²) in [5.41, 5.74) is 1.18. The van der Waals surface area contributed by atoms with Gasteiger partial charge in [-0.1, -0.05) is 24.3 Å². The van der Waals surface area contributed by atoms with Gasteiger partial charge < -0.3 is 10.1 Å². The average molecular weight is 380 g/mol. The number of hydrogen-bond acceptors (Lipinski definition) is 5. The Morgan fingerprint density at radius 2 is 1.70 bits per heavy atom. The summed E-state index contributed by atoms with van der Waals surface area (Å²) in [6.45, 7) is 7.16. The smallest absolute Gasteiger partial charge is 0.373 e. The zero-order chi connectivity index (χ0) is 19.4. The molecule has 1 aliphatic heterocycles. The zero-order valence-electron chi connectivity index (χ0n) is 15.3. The summed E-state index contributed by atoms with van der Waals surface area (Å²) in [6.07, 6.45) is -2.92. The molecule has 5 nitrogen and oxygen atoms in total. The van der Waals surface area contributed by atoms with Crippen molar-refractivity contribution in [3.05, 3.63) is 53.3 Å². The van der Waals surface area contributed by atoms with Crippen LogP contribution in [0.1, 0.15) is 30.7 Å². The fourth-order valence-electron chi connectivity index (χ4n) is 3.22. The van der Waals surface area contributed by atoms with E-state index in [0.717, 1.165) is 37.5 Å². The Balaban J connectivity index is 1.55. The van der Waals surface area contributed by atoms with Crippen LogP contribution >= 0.6 is 0 Å². The van der Waals surface area contributed by atoms with E-state index < -0.39 is 11.9 Å². The Kier molecular flexibility index (Phi) is 5.96. The first-order valence-corrected chi connectivity index (χ1v) is 8.89. The molecule has 2 atom stereocenters. The summed E-state index contributed by atoms with van der Waals surface area (Å²) in [6, 6.07) is 8.85. The van der Waals surface area contributed by atoms with Crippen molar-refractivity contribution in [1.29, 1.82) is 0 Å². The lowest BCUT2D eigenvalue weighted by Gasteiger charge is -2.35. The lowest BCUT2D eigenvalue weighted by Crippen LogP contribution is -2.44. The highest BCUT2D eigenvalue weighted by atomic mass is 19.4. The first-order chi connectivity index (χ1) is 12.8. The molecule has 1 N–H and O–H groups in total. The van der Waals surface area contributed by atoms with E-state index in [4.69, 9.17) is 4.74 Å². The number of nitrogens with zero attached hydrogens (tertiary/aromatic N) is 3. The van der Waals surface area contributed by atoms with Crippen molar-refractivity contribution in [3.8, 4) is 0 Å². The van der Waals surface area contributed by atoms with Crippen molar-refractivity contribution in [1.82, 2.24) is 14.9 Å². The van der Waals surface area contributed by atoms with Gasteiger partial charge in [0.05, 0.1) is 12.2 Å². The summed E-state index contributed by atoms with van der Waals surface area (Å²) in [5, 5.41) is 2.84. The number of benzene rings is 1. The van der Waals surface area contributed by atoms with E-state index in [1.54, 1.807) is 0 Å². The first kappa shape index (κ1) is 19.6. The van der Waals surface area contributed by atoms with Gasteiger partial charge in [0.15, 0.2) is 0 Å². The predicted molar refractivity (Wildman–Crippen MR) is 96.1 cm³/mol. The molecular weight excluding hydrogens is 357 g/mol. The van der Waals surface area contributed by atoms with E-state index in [2.05, 4.69) is 34.0 Å². The minimum absolute atomic E-state index is 0.0369. The van der Waals surface area contributed by atoms with E-state index in [1.807, 2.05) is 24.3 Å². The van der Waals surface area contributed by atoms with Crippen molar-refractivity contribution >= 4 is 5.95 Å². The van der Waals surface area contributed by atoms with Gasteiger partial charge in [0.2, 0.25) is 5.95 Å². The highest BCUT2D eigenvalue weighted by molar-refractivity contribution is 5.30. The number of morpholine rings is 1. The third kappa shape index (κ3) is 5.64. The number of nitrogens with one attached hydrogen (secondary N) is 1. The standard InChI is InChI=1S/C19H23F3N4O/c1-13-10-26(11-14(2)27-13)12-16-5-3-15(4-6-16)9-24-18-23-8-7-17(25-18)19(20,21)22/h3-8,13-14H,9-12H2,1-2H3,(H,23,24,25)/t13-,14-/m0/s1. The van der Waals surface area contributed by atoms with Crippen LogP contribution in [0.2, 0.25) is 0 Å². The minimum atomic E-state index is -4.48. The molecule has 3 rings (SSSR count). The summed E-state index contributed by atoms with van der Waals surface area (Å²) >= 11 is 0. The molecule has 0 spiro atoms. The number of aromatic nitrogens is 2. The van der Waals surface area contributed by atoms with E-state index >= 15 is 0 Å². The lowest BCUT2D eigenvalue weighted by molar-refractivity contribution is -0.141. The second-order valence-electron chi connectivity index (χ2n) is 6.88. The highest BCUT2D eigenvalue weighted by Gasteiger charge is 2.32. The molecule has 2 aromatic rings. The molecule has 0 amide bonds. The van der Waals surface area contributed by atoms with Gasteiger partial charge in [0, 0.05) is 32.4 Å². The van der Waals surface area contributed by atoms with Crippen molar-refractivity contribution < 1.29 is 17.9 Å². The molecule has 8 heteroatoms. The maximum absolute atomic E-state index is 12.7. The Labute approximate surface area is 156 Å². The molecule has 0 radical (unpaired) electrons. The Morgan fingerprint density at radius 1 is 1.07 bits per heavy atom. The number of alkyl halides is 3. The summed E-state index contributed by atoms with van der Waals surface area (Å²) < 4.78 is 43.8. The second kappa shape index (κ2) is 8.22. The molecule has 1 aromatic heterocycles. The summed E-state index contributed by atoms with van der Waals surface area (Å²) in [5.74, 6) is -0.0369. The number of halogens is 3. The topological polar surface area (TPSA) is 50.3 Å². The van der Waals surface area contributed by atoms with Gasteiger partial charge in [-0.25, -0.2) is 9.97 Å². The van der Waals surface area contributed by atoms with E-state index in [0.29, 0.717) is 6.54 Å². The first-order valence-electron chi connectivity index (χ1n) is 8.89. The molecule has 2 heterocycles. The predicted octanol–water partition coefficient (Wildman–Crippen LogP) is 3.72. The third-order valence-electron chi connectivity index (χ3n) is 4.32. The molecule has 0 saturated carbocycles. The normalized spacial score (nSPS) is 21.2. The molecule has 0 bridgehead atoms. The molecule has 1 fully saturated rings. The van der Waals surface area contributed by atoms with Crippen LogP contribution in [0.25, 0.3) is 0 Å². The van der Waals surface area contributed by atoms with Crippen LogP contribution in [-0.4, -0.2) is 40.2 Å². The van der Waals surface area contributed by atoms with E-state index in [9.17, 15) is 13.2 Å². The molecular formula is C19H23F3N4O. The van der Waals surface area contributed by atoms with Crippen LogP contribution in [-0.2, 0) is 24.0 Å². The van der Waals surface area contributed by atoms with Gasteiger partial charge in [0.1, 0.15) is 5.69 Å². The molecule has 1 aliphatic rings. The maximum Gasteiger partial charge on any atom is 0.433 e. The van der Waals surface area contributed by atoms with Crippen LogP contribution in [0.4, 0.5) is 19.1 Å². The van der Waals surface area contributed by atoms with Crippen LogP contribution in [0.5, 0.6) is 0 Å². The van der Waals surface area contributed by atoms with Crippen molar-refractivity contribution in [2.24, 2.45) is 0 Å². The summed E-state index contributed by atoms with van der Waals surface area (Å²) in [7, 11) is 0. The van der Waals surface area contributed by atoms with Crippen molar-refractivity contribution in [2.45, 2.75) is 45.3 Å². The van der Waals surface area contributed by atoms with Crippen LogP contribution in [0, 0.1) is 0 Å². The van der Waals surface area contributed by atoms with Crippen LogP contribution in [0.3, 0.4) is 0 Å². The maximum atomic E-state index is 12.7. The van der Waals surface area contributed by atoms with Gasteiger partial charge in [-0.05, 0) is 31.0 Å². The fourth-order valence-corrected chi connectivity index (χ4v) is 3.22. The molecule has 27 heavy (non-hydrogen) atoms. The van der Waals surface area contributed by atoms with Crippen molar-refractivity contribution in [3.63, 3.8) is 0 Å². The summed E-state index contributed by atoms with van der Waals surface area (Å²) in [4.78, 5) is 9.70. The second-order valence-corrected chi connectivity index (χ2v) is 6.88. The monoisotopic (exact) mass is 380 g/mol. The third-order valence-corrected chi connectivity index (χ3v) is 4.32.